The van der Waals surface area contributed by atoms with Crippen LogP contribution in [0.5, 0.6) is 5.75 Å². The van der Waals surface area contributed by atoms with Gasteiger partial charge in [-0.05, 0) is 38.1 Å². The van der Waals surface area contributed by atoms with Crippen LogP contribution in [-0.4, -0.2) is 14.7 Å². The molecule has 0 aliphatic heterocycles. The van der Waals surface area contributed by atoms with Gasteiger partial charge in [0.1, 0.15) is 17.1 Å². The van der Waals surface area contributed by atoms with E-state index < -0.39 is 0 Å². The Morgan fingerprint density at radius 2 is 1.90 bits per heavy atom. The lowest BCUT2D eigenvalue weighted by atomic mass is 10.1. The first kappa shape index (κ1) is 13.4. The SMILES string of the molecule is CC(C)n1c(-c2cccc(N)c2O)nc2c(F)cccc21. The number of phenols is 1. The number of rotatable bonds is 2. The van der Waals surface area contributed by atoms with E-state index in [4.69, 9.17) is 5.73 Å². The van der Waals surface area contributed by atoms with Gasteiger partial charge in [0.05, 0.1) is 16.8 Å². The Hall–Kier alpha value is -2.56. The first-order valence-corrected chi connectivity index (χ1v) is 6.75. The quantitative estimate of drug-likeness (QED) is 0.557. The largest absolute Gasteiger partial charge is 0.505 e. The van der Waals surface area contributed by atoms with Crippen LogP contribution in [0.3, 0.4) is 0 Å². The summed E-state index contributed by atoms with van der Waals surface area (Å²) in [6.07, 6.45) is 0. The van der Waals surface area contributed by atoms with E-state index in [1.54, 1.807) is 24.3 Å². The van der Waals surface area contributed by atoms with Gasteiger partial charge in [-0.3, -0.25) is 0 Å². The Morgan fingerprint density at radius 1 is 1.19 bits per heavy atom. The number of halogens is 1. The van der Waals surface area contributed by atoms with E-state index in [0.717, 1.165) is 0 Å². The molecule has 1 heterocycles. The molecule has 21 heavy (non-hydrogen) atoms. The number of nitrogens with two attached hydrogens (primary N) is 1. The van der Waals surface area contributed by atoms with E-state index in [-0.39, 0.29) is 23.3 Å². The van der Waals surface area contributed by atoms with Crippen molar-refractivity contribution in [2.24, 2.45) is 0 Å². The minimum absolute atomic E-state index is 0.0323. The Kier molecular flexibility index (Phi) is 3.05. The van der Waals surface area contributed by atoms with Crippen LogP contribution in [-0.2, 0) is 0 Å². The lowest BCUT2D eigenvalue weighted by Crippen LogP contribution is -2.03. The van der Waals surface area contributed by atoms with Crippen LogP contribution in [0, 0.1) is 5.82 Å². The van der Waals surface area contributed by atoms with Crippen molar-refractivity contribution in [1.29, 1.82) is 0 Å². The third-order valence-corrected chi connectivity index (χ3v) is 3.50. The average Bonchev–Trinajstić information content (AvgIpc) is 2.82. The van der Waals surface area contributed by atoms with Crippen molar-refractivity contribution < 1.29 is 9.50 Å². The van der Waals surface area contributed by atoms with Crippen molar-refractivity contribution in [3.63, 3.8) is 0 Å². The van der Waals surface area contributed by atoms with Gasteiger partial charge in [-0.2, -0.15) is 0 Å². The molecule has 0 radical (unpaired) electrons. The van der Waals surface area contributed by atoms with Gasteiger partial charge >= 0.3 is 0 Å². The summed E-state index contributed by atoms with van der Waals surface area (Å²) in [6.45, 7) is 3.97. The first-order chi connectivity index (χ1) is 10.0. The molecule has 1 aromatic heterocycles. The molecule has 0 saturated carbocycles. The average molecular weight is 285 g/mol. The standard InChI is InChI=1S/C16H16FN3O/c1-9(2)20-13-8-4-6-11(17)14(13)19-16(20)10-5-3-7-12(18)15(10)21/h3-9,21H,18H2,1-2H3. The molecule has 3 aromatic rings. The minimum Gasteiger partial charge on any atom is -0.505 e. The second kappa shape index (κ2) is 4.77. The zero-order valence-electron chi connectivity index (χ0n) is 11.8. The predicted octanol–water partition coefficient (Wildman–Crippen LogP) is 3.71. The zero-order chi connectivity index (χ0) is 15.1. The molecule has 0 fully saturated rings. The molecule has 4 nitrogen and oxygen atoms in total. The van der Waals surface area contributed by atoms with Crippen LogP contribution in [0.2, 0.25) is 0 Å². The number of anilines is 1. The zero-order valence-corrected chi connectivity index (χ0v) is 11.8. The number of hydrogen-bond donors (Lipinski definition) is 2. The summed E-state index contributed by atoms with van der Waals surface area (Å²) < 4.78 is 15.9. The van der Waals surface area contributed by atoms with Crippen molar-refractivity contribution in [3.8, 4) is 17.1 Å². The Balaban J connectivity index is 2.39. The minimum atomic E-state index is -0.378. The summed E-state index contributed by atoms with van der Waals surface area (Å²) >= 11 is 0. The highest BCUT2D eigenvalue weighted by Gasteiger charge is 2.19. The molecule has 5 heteroatoms. The number of fused-ring (bicyclic) bond motifs is 1. The number of nitrogens with zero attached hydrogens (tertiary/aromatic N) is 2. The monoisotopic (exact) mass is 285 g/mol. The fraction of sp³-hybridized carbons (Fsp3) is 0.188. The molecule has 108 valence electrons. The highest BCUT2D eigenvalue weighted by molar-refractivity contribution is 5.84. The number of aromatic hydroxyl groups is 1. The number of hydrogen-bond acceptors (Lipinski definition) is 3. The summed E-state index contributed by atoms with van der Waals surface area (Å²) in [5, 5.41) is 10.2. The maximum Gasteiger partial charge on any atom is 0.151 e. The number of imidazole rings is 1. The van der Waals surface area contributed by atoms with Crippen molar-refractivity contribution in [1.82, 2.24) is 9.55 Å². The number of phenolic OH excluding ortho intramolecular Hbond substituents is 1. The number of para-hydroxylation sites is 2. The third-order valence-electron chi connectivity index (χ3n) is 3.50. The molecule has 0 unspecified atom stereocenters. The Bertz CT molecular complexity index is 824. The summed E-state index contributed by atoms with van der Waals surface area (Å²) in [4.78, 5) is 4.38. The summed E-state index contributed by atoms with van der Waals surface area (Å²) in [5.74, 6) is 0.0987. The van der Waals surface area contributed by atoms with E-state index in [1.165, 1.54) is 6.07 Å². The summed E-state index contributed by atoms with van der Waals surface area (Å²) in [7, 11) is 0. The molecule has 3 rings (SSSR count). The highest BCUT2D eigenvalue weighted by atomic mass is 19.1. The molecule has 0 amide bonds. The molecule has 3 N–H and O–H groups in total. The second-order valence-electron chi connectivity index (χ2n) is 5.25. The van der Waals surface area contributed by atoms with Crippen LogP contribution >= 0.6 is 0 Å². The third kappa shape index (κ3) is 2.01. The van der Waals surface area contributed by atoms with Gasteiger partial charge in [0.25, 0.3) is 0 Å². The number of benzene rings is 2. The normalized spacial score (nSPS) is 11.4. The van der Waals surface area contributed by atoms with Crippen LogP contribution in [0.15, 0.2) is 36.4 Å². The van der Waals surface area contributed by atoms with Gasteiger partial charge in [0.15, 0.2) is 5.82 Å². The van der Waals surface area contributed by atoms with E-state index in [2.05, 4.69) is 4.98 Å². The molecular weight excluding hydrogens is 269 g/mol. The molecule has 2 aromatic carbocycles. The van der Waals surface area contributed by atoms with Gasteiger partial charge < -0.3 is 15.4 Å². The first-order valence-electron chi connectivity index (χ1n) is 6.75. The lowest BCUT2D eigenvalue weighted by Gasteiger charge is -2.14. The molecule has 0 bridgehead atoms. The Labute approximate surface area is 121 Å². The van der Waals surface area contributed by atoms with Gasteiger partial charge in [0, 0.05) is 6.04 Å². The van der Waals surface area contributed by atoms with E-state index >= 15 is 0 Å². The lowest BCUT2D eigenvalue weighted by molar-refractivity contribution is 0.478. The van der Waals surface area contributed by atoms with Crippen molar-refractivity contribution in [3.05, 3.63) is 42.2 Å². The molecule has 0 aliphatic rings. The van der Waals surface area contributed by atoms with Crippen LogP contribution < -0.4 is 5.73 Å². The van der Waals surface area contributed by atoms with Crippen molar-refractivity contribution >= 4 is 16.7 Å². The Morgan fingerprint density at radius 3 is 2.62 bits per heavy atom. The molecule has 0 atom stereocenters. The number of aromatic nitrogens is 2. The van der Waals surface area contributed by atoms with E-state index in [0.29, 0.717) is 22.4 Å². The van der Waals surface area contributed by atoms with Crippen LogP contribution in [0.25, 0.3) is 22.4 Å². The van der Waals surface area contributed by atoms with E-state index in [9.17, 15) is 9.50 Å². The fourth-order valence-corrected chi connectivity index (χ4v) is 2.54. The van der Waals surface area contributed by atoms with Crippen molar-refractivity contribution in [2.75, 3.05) is 5.73 Å². The predicted molar refractivity (Wildman–Crippen MR) is 81.6 cm³/mol. The topological polar surface area (TPSA) is 64.1 Å². The number of nitrogen functional groups attached to an aromatic ring is 1. The van der Waals surface area contributed by atoms with Crippen LogP contribution in [0.4, 0.5) is 10.1 Å². The smallest absolute Gasteiger partial charge is 0.151 e. The highest BCUT2D eigenvalue weighted by Crippen LogP contribution is 2.36. The van der Waals surface area contributed by atoms with Crippen LogP contribution in [0.1, 0.15) is 19.9 Å². The summed E-state index contributed by atoms with van der Waals surface area (Å²) in [6, 6.07) is 9.99. The summed E-state index contributed by atoms with van der Waals surface area (Å²) in [5.41, 5.74) is 7.51. The maximum atomic E-state index is 14.0. The van der Waals surface area contributed by atoms with Gasteiger partial charge in [0.2, 0.25) is 0 Å². The van der Waals surface area contributed by atoms with Gasteiger partial charge in [-0.15, -0.1) is 0 Å². The molecule has 0 saturated heterocycles. The van der Waals surface area contributed by atoms with Gasteiger partial charge in [-0.1, -0.05) is 12.1 Å². The fourth-order valence-electron chi connectivity index (χ4n) is 2.54. The maximum absolute atomic E-state index is 14.0. The van der Waals surface area contributed by atoms with Crippen molar-refractivity contribution in [2.45, 2.75) is 19.9 Å². The van der Waals surface area contributed by atoms with E-state index in [1.807, 2.05) is 24.5 Å². The molecule has 0 spiro atoms. The molecule has 0 aliphatic carbocycles. The molecular formula is C16H16FN3O. The van der Waals surface area contributed by atoms with Gasteiger partial charge in [-0.25, -0.2) is 9.37 Å². The second-order valence-corrected chi connectivity index (χ2v) is 5.25.